The van der Waals surface area contributed by atoms with Gasteiger partial charge in [-0.15, -0.1) is 11.6 Å². The molecule has 0 unspecified atom stereocenters. The fourth-order valence-electron chi connectivity index (χ4n) is 1.85. The molecule has 2 rings (SSSR count). The summed E-state index contributed by atoms with van der Waals surface area (Å²) in [6.07, 6.45) is 0.511. The van der Waals surface area contributed by atoms with Gasteiger partial charge in [0.05, 0.1) is 11.4 Å². The van der Waals surface area contributed by atoms with E-state index in [1.807, 2.05) is 0 Å². The lowest BCUT2D eigenvalue weighted by Gasteiger charge is -2.27. The van der Waals surface area contributed by atoms with Crippen LogP contribution in [0, 0.1) is 0 Å². The lowest BCUT2D eigenvalue weighted by molar-refractivity contribution is 0.0956. The molecule has 1 aromatic carbocycles. The molecular formula is C11H11Cl2NO3S. The Labute approximate surface area is 116 Å². The average molecular weight is 308 g/mol. The van der Waals surface area contributed by atoms with Gasteiger partial charge in [-0.2, -0.15) is 4.31 Å². The zero-order chi connectivity index (χ0) is 13.3. The van der Waals surface area contributed by atoms with E-state index in [1.165, 1.54) is 18.2 Å². The number of halogens is 2. The van der Waals surface area contributed by atoms with E-state index in [2.05, 4.69) is 0 Å². The van der Waals surface area contributed by atoms with Crippen molar-refractivity contribution in [3.8, 4) is 0 Å². The Morgan fingerprint density at radius 1 is 1.33 bits per heavy atom. The normalized spacial score (nSPS) is 18.7. The number of carbonyl (C=O) groups is 1. The molecule has 1 heterocycles. The number of Topliss-reactive ketones (excluding diaryl/α,β-unsaturated/α-hetero) is 1. The highest BCUT2D eigenvalue weighted by atomic mass is 35.5. The largest absolute Gasteiger partial charge is 0.293 e. The molecule has 0 bridgehead atoms. The smallest absolute Gasteiger partial charge is 0.244 e. The van der Waals surface area contributed by atoms with Gasteiger partial charge in [0.15, 0.2) is 5.78 Å². The fraction of sp³-hybridized carbons (Fsp3) is 0.364. The topological polar surface area (TPSA) is 54.5 Å². The minimum atomic E-state index is -3.61. The highest BCUT2D eigenvalue weighted by Crippen LogP contribution is 2.28. The number of benzene rings is 1. The van der Waals surface area contributed by atoms with Crippen LogP contribution in [0.15, 0.2) is 23.1 Å². The molecule has 0 aliphatic carbocycles. The number of sulfonamides is 1. The summed E-state index contributed by atoms with van der Waals surface area (Å²) >= 11 is 11.3. The Morgan fingerprint density at radius 3 is 2.72 bits per heavy atom. The molecule has 0 amide bonds. The summed E-state index contributed by atoms with van der Waals surface area (Å²) < 4.78 is 25.7. The lowest BCUT2D eigenvalue weighted by atomic mass is 10.1. The van der Waals surface area contributed by atoms with E-state index in [9.17, 15) is 13.2 Å². The van der Waals surface area contributed by atoms with E-state index < -0.39 is 10.0 Å². The second-order valence-corrected chi connectivity index (χ2v) is 6.67. The monoisotopic (exact) mass is 307 g/mol. The van der Waals surface area contributed by atoms with Crippen molar-refractivity contribution in [3.05, 3.63) is 28.8 Å². The van der Waals surface area contributed by atoms with Crippen molar-refractivity contribution in [1.29, 1.82) is 0 Å². The molecule has 0 aromatic heterocycles. The zero-order valence-electron chi connectivity index (χ0n) is 9.40. The van der Waals surface area contributed by atoms with Crippen molar-refractivity contribution in [2.75, 3.05) is 19.0 Å². The van der Waals surface area contributed by atoms with Crippen LogP contribution < -0.4 is 0 Å². The van der Waals surface area contributed by atoms with Crippen LogP contribution in [0.4, 0.5) is 0 Å². The molecule has 0 atom stereocenters. The van der Waals surface area contributed by atoms with Crippen molar-refractivity contribution in [3.63, 3.8) is 0 Å². The fourth-order valence-corrected chi connectivity index (χ4v) is 3.77. The van der Waals surface area contributed by atoms with Crippen LogP contribution >= 0.6 is 23.2 Å². The first-order valence-electron chi connectivity index (χ1n) is 5.35. The minimum Gasteiger partial charge on any atom is -0.293 e. The first kappa shape index (κ1) is 13.8. The van der Waals surface area contributed by atoms with Crippen LogP contribution in [0.1, 0.15) is 16.8 Å². The summed E-state index contributed by atoms with van der Waals surface area (Å²) in [5, 5.41) is 0.353. The summed E-state index contributed by atoms with van der Waals surface area (Å²) in [7, 11) is -3.61. The highest BCUT2D eigenvalue weighted by molar-refractivity contribution is 7.89. The SMILES string of the molecule is O=C1CN(CCCCl)S(=O)(=O)c2ccc(Cl)cc21. The molecule has 0 saturated carbocycles. The van der Waals surface area contributed by atoms with Crippen LogP contribution in [0.2, 0.25) is 5.02 Å². The first-order valence-corrected chi connectivity index (χ1v) is 7.71. The molecule has 0 fully saturated rings. The van der Waals surface area contributed by atoms with E-state index in [4.69, 9.17) is 23.2 Å². The molecule has 0 N–H and O–H groups in total. The van der Waals surface area contributed by atoms with E-state index >= 15 is 0 Å². The molecule has 1 aliphatic heterocycles. The summed E-state index contributed by atoms with van der Waals surface area (Å²) in [4.78, 5) is 11.9. The quantitative estimate of drug-likeness (QED) is 0.804. The molecule has 0 saturated heterocycles. The molecule has 4 nitrogen and oxygen atoms in total. The van der Waals surface area contributed by atoms with Gasteiger partial charge < -0.3 is 0 Å². The summed E-state index contributed by atoms with van der Waals surface area (Å²) in [6.45, 7) is 0.103. The number of carbonyl (C=O) groups excluding carboxylic acids is 1. The van der Waals surface area contributed by atoms with Crippen molar-refractivity contribution < 1.29 is 13.2 Å². The first-order chi connectivity index (χ1) is 8.46. The Hall–Kier alpha value is -0.620. The maximum absolute atomic E-state index is 12.3. The summed E-state index contributed by atoms with van der Waals surface area (Å²) in [6, 6.07) is 4.24. The van der Waals surface area contributed by atoms with Crippen molar-refractivity contribution in [1.82, 2.24) is 4.31 Å². The predicted molar refractivity (Wildman–Crippen MR) is 69.9 cm³/mol. The molecule has 0 radical (unpaired) electrons. The van der Waals surface area contributed by atoms with Crippen LogP contribution in [-0.4, -0.2) is 37.5 Å². The molecular weight excluding hydrogens is 297 g/mol. The second-order valence-electron chi connectivity index (χ2n) is 3.94. The third kappa shape index (κ3) is 2.40. The van der Waals surface area contributed by atoms with Gasteiger partial charge in [-0.3, -0.25) is 4.79 Å². The van der Waals surface area contributed by atoms with Gasteiger partial charge in [0.2, 0.25) is 10.0 Å². The molecule has 7 heteroatoms. The Kier molecular flexibility index (Phi) is 3.96. The lowest BCUT2D eigenvalue weighted by Crippen LogP contribution is -2.41. The predicted octanol–water partition coefficient (Wildman–Crippen LogP) is 2.16. The van der Waals surface area contributed by atoms with Gasteiger partial charge in [0, 0.05) is 23.0 Å². The van der Waals surface area contributed by atoms with Gasteiger partial charge in [0.25, 0.3) is 0 Å². The number of nitrogens with zero attached hydrogens (tertiary/aromatic N) is 1. The Balaban J connectivity index is 2.47. The van der Waals surface area contributed by atoms with Gasteiger partial charge in [-0.05, 0) is 24.6 Å². The van der Waals surface area contributed by atoms with Crippen molar-refractivity contribution in [2.45, 2.75) is 11.3 Å². The van der Waals surface area contributed by atoms with E-state index in [1.54, 1.807) is 0 Å². The number of hydrogen-bond acceptors (Lipinski definition) is 3. The number of ketones is 1. The number of hydrogen-bond donors (Lipinski definition) is 0. The minimum absolute atomic E-state index is 0.0257. The Morgan fingerprint density at radius 2 is 2.06 bits per heavy atom. The maximum atomic E-state index is 12.3. The summed E-state index contributed by atoms with van der Waals surface area (Å²) in [5.41, 5.74) is 0.171. The highest BCUT2D eigenvalue weighted by Gasteiger charge is 2.35. The Bertz CT molecular complexity index is 586. The van der Waals surface area contributed by atoms with Crippen molar-refractivity contribution >= 4 is 39.0 Å². The van der Waals surface area contributed by atoms with Crippen LogP contribution in [-0.2, 0) is 10.0 Å². The van der Waals surface area contributed by atoms with E-state index in [0.717, 1.165) is 4.31 Å². The van der Waals surface area contributed by atoms with Gasteiger partial charge >= 0.3 is 0 Å². The zero-order valence-corrected chi connectivity index (χ0v) is 11.7. The van der Waals surface area contributed by atoms with Gasteiger partial charge in [-0.25, -0.2) is 8.42 Å². The molecule has 1 aliphatic rings. The molecule has 0 spiro atoms. The van der Waals surface area contributed by atoms with Crippen LogP contribution in [0.3, 0.4) is 0 Å². The van der Waals surface area contributed by atoms with E-state index in [0.29, 0.717) is 17.3 Å². The van der Waals surface area contributed by atoms with Gasteiger partial charge in [-0.1, -0.05) is 11.6 Å². The molecule has 98 valence electrons. The number of fused-ring (bicyclic) bond motifs is 1. The van der Waals surface area contributed by atoms with Crippen molar-refractivity contribution in [2.24, 2.45) is 0 Å². The number of rotatable bonds is 3. The van der Waals surface area contributed by atoms with Gasteiger partial charge in [0.1, 0.15) is 0 Å². The summed E-state index contributed by atoms with van der Waals surface area (Å²) in [5.74, 6) is 0.116. The second kappa shape index (κ2) is 5.17. The molecule has 1 aromatic rings. The third-order valence-corrected chi connectivity index (χ3v) is 5.13. The third-order valence-electron chi connectivity index (χ3n) is 2.72. The number of alkyl halides is 1. The maximum Gasteiger partial charge on any atom is 0.244 e. The van der Waals surface area contributed by atoms with Crippen LogP contribution in [0.5, 0.6) is 0 Å². The van der Waals surface area contributed by atoms with E-state index in [-0.39, 0.29) is 29.3 Å². The standard InChI is InChI=1S/C11H11Cl2NO3S/c12-4-1-5-14-7-10(15)9-6-8(13)2-3-11(9)18(14,16)17/h2-3,6H,1,4-5,7H2. The average Bonchev–Trinajstić information content (AvgIpc) is 2.32. The molecule has 18 heavy (non-hydrogen) atoms. The van der Waals surface area contributed by atoms with Crippen LogP contribution in [0.25, 0.3) is 0 Å².